The molecule has 0 N–H and O–H groups in total. The van der Waals surface area contributed by atoms with Crippen LogP contribution in [0, 0.1) is 0 Å². The number of hydrogen-bond donors (Lipinski definition) is 0. The number of aromatic nitrogens is 2. The molecule has 190 valence electrons. The van der Waals surface area contributed by atoms with Gasteiger partial charge in [-0.1, -0.05) is 38.6 Å². The van der Waals surface area contributed by atoms with Crippen molar-refractivity contribution in [1.82, 2.24) is 14.9 Å². The molecule has 1 aliphatic rings. The van der Waals surface area contributed by atoms with Crippen LogP contribution < -0.4 is 4.90 Å². The van der Waals surface area contributed by atoms with Crippen molar-refractivity contribution in [3.8, 4) is 0 Å². The van der Waals surface area contributed by atoms with Crippen LogP contribution in [0.5, 0.6) is 0 Å². The lowest BCUT2D eigenvalue weighted by Gasteiger charge is -2.27. The molecule has 0 bridgehead atoms. The SMILES string of the molecule is C=C/C(=C\C)c1cnc2ccc(N(CCCN3CCC(F)(F)C3)c3cc(CC)cc(CC)c3)cc2n1. The summed E-state index contributed by atoms with van der Waals surface area (Å²) in [5.41, 5.74) is 8.12. The molecule has 0 atom stereocenters. The summed E-state index contributed by atoms with van der Waals surface area (Å²) < 4.78 is 27.4. The second-order valence-corrected chi connectivity index (χ2v) is 9.48. The number of nitrogens with zero attached hydrogens (tertiary/aromatic N) is 4. The van der Waals surface area contributed by atoms with E-state index in [1.165, 1.54) is 11.1 Å². The van der Waals surface area contributed by atoms with Gasteiger partial charge in [0.2, 0.25) is 0 Å². The quantitative estimate of drug-likeness (QED) is 0.281. The fourth-order valence-electron chi connectivity index (χ4n) is 4.84. The van der Waals surface area contributed by atoms with Crippen LogP contribution >= 0.6 is 0 Å². The summed E-state index contributed by atoms with van der Waals surface area (Å²) in [5, 5.41) is 0. The molecule has 4 rings (SSSR count). The van der Waals surface area contributed by atoms with Gasteiger partial charge in [-0.25, -0.2) is 13.8 Å². The maximum atomic E-state index is 13.7. The molecular formula is C30H36F2N4. The summed E-state index contributed by atoms with van der Waals surface area (Å²) in [4.78, 5) is 13.6. The number of aryl methyl sites for hydroxylation is 2. The third-order valence-electron chi connectivity index (χ3n) is 6.93. The molecule has 0 saturated carbocycles. The summed E-state index contributed by atoms with van der Waals surface area (Å²) in [5.74, 6) is -2.56. The Morgan fingerprint density at radius 1 is 1.08 bits per heavy atom. The van der Waals surface area contributed by atoms with Gasteiger partial charge in [0.25, 0.3) is 5.92 Å². The van der Waals surface area contributed by atoms with Crippen LogP contribution in [0.15, 0.2) is 61.3 Å². The lowest BCUT2D eigenvalue weighted by Crippen LogP contribution is -2.29. The van der Waals surface area contributed by atoms with Gasteiger partial charge in [-0.3, -0.25) is 9.88 Å². The summed E-state index contributed by atoms with van der Waals surface area (Å²) >= 11 is 0. The van der Waals surface area contributed by atoms with Crippen LogP contribution in [0.1, 0.15) is 50.4 Å². The summed E-state index contributed by atoms with van der Waals surface area (Å²) in [6.45, 7) is 11.9. The molecule has 0 unspecified atom stereocenters. The topological polar surface area (TPSA) is 32.3 Å². The van der Waals surface area contributed by atoms with E-state index in [1.807, 2.05) is 24.0 Å². The maximum absolute atomic E-state index is 13.7. The molecule has 1 fully saturated rings. The van der Waals surface area contributed by atoms with Crippen molar-refractivity contribution in [2.24, 2.45) is 0 Å². The predicted octanol–water partition coefficient (Wildman–Crippen LogP) is 7.21. The molecule has 0 amide bonds. The first-order chi connectivity index (χ1) is 17.4. The lowest BCUT2D eigenvalue weighted by molar-refractivity contribution is 0.0122. The number of rotatable bonds is 10. The van der Waals surface area contributed by atoms with Crippen molar-refractivity contribution >= 4 is 28.0 Å². The van der Waals surface area contributed by atoms with Gasteiger partial charge in [0, 0.05) is 37.4 Å². The summed E-state index contributed by atoms with van der Waals surface area (Å²) in [6, 6.07) is 12.9. The minimum Gasteiger partial charge on any atom is -0.341 e. The predicted molar refractivity (Wildman–Crippen MR) is 146 cm³/mol. The zero-order valence-corrected chi connectivity index (χ0v) is 21.6. The van der Waals surface area contributed by atoms with E-state index in [-0.39, 0.29) is 13.0 Å². The molecule has 1 saturated heterocycles. The van der Waals surface area contributed by atoms with Gasteiger partial charge in [-0.2, -0.15) is 0 Å². The van der Waals surface area contributed by atoms with Gasteiger partial charge in [0.05, 0.1) is 29.5 Å². The van der Waals surface area contributed by atoms with E-state index in [1.54, 1.807) is 12.3 Å². The zero-order chi connectivity index (χ0) is 25.7. The third-order valence-corrected chi connectivity index (χ3v) is 6.93. The lowest BCUT2D eigenvalue weighted by atomic mass is 10.0. The van der Waals surface area contributed by atoms with Gasteiger partial charge in [-0.15, -0.1) is 0 Å². The van der Waals surface area contributed by atoms with E-state index in [4.69, 9.17) is 4.98 Å². The number of hydrogen-bond acceptors (Lipinski definition) is 4. The minimum absolute atomic E-state index is 0.0420. The number of allylic oxidation sites excluding steroid dienone is 3. The standard InChI is InChI=1S/C30H36F2N4/c1-5-22-16-23(6-2)18-26(17-22)36(14-9-13-35-15-12-30(31,32)21-35)25-10-11-27-28(19-25)34-29(20-33-27)24(7-3)8-4/h7-8,10-11,16-20H,3,5-6,9,12-15,21H2,1-2,4H3/b24-8+. The Morgan fingerprint density at radius 2 is 1.83 bits per heavy atom. The van der Waals surface area contributed by atoms with E-state index in [0.29, 0.717) is 13.1 Å². The number of halogens is 2. The highest BCUT2D eigenvalue weighted by Gasteiger charge is 2.37. The average Bonchev–Trinajstić information content (AvgIpc) is 3.24. The summed E-state index contributed by atoms with van der Waals surface area (Å²) in [7, 11) is 0. The highest BCUT2D eigenvalue weighted by atomic mass is 19.3. The first kappa shape index (κ1) is 26.0. The molecular weight excluding hydrogens is 454 g/mol. The maximum Gasteiger partial charge on any atom is 0.261 e. The number of anilines is 2. The van der Waals surface area contributed by atoms with E-state index in [2.05, 4.69) is 60.6 Å². The molecule has 3 aromatic rings. The smallest absolute Gasteiger partial charge is 0.261 e. The highest BCUT2D eigenvalue weighted by Crippen LogP contribution is 2.31. The Labute approximate surface area is 213 Å². The summed E-state index contributed by atoms with van der Waals surface area (Å²) in [6.07, 6.45) is 8.20. The van der Waals surface area contributed by atoms with E-state index >= 15 is 0 Å². The Kier molecular flexibility index (Phi) is 8.14. The van der Waals surface area contributed by atoms with Crippen molar-refractivity contribution < 1.29 is 8.78 Å². The fraction of sp³-hybridized carbons (Fsp3) is 0.400. The monoisotopic (exact) mass is 490 g/mol. The van der Waals surface area contributed by atoms with Gasteiger partial charge in [0.15, 0.2) is 0 Å². The molecule has 1 aliphatic heterocycles. The van der Waals surface area contributed by atoms with Crippen LogP contribution in [-0.4, -0.2) is 47.0 Å². The molecule has 6 heteroatoms. The second kappa shape index (κ2) is 11.3. The molecule has 0 aliphatic carbocycles. The van der Waals surface area contributed by atoms with E-state index in [9.17, 15) is 8.78 Å². The van der Waals surface area contributed by atoms with Crippen molar-refractivity contribution in [2.75, 3.05) is 31.1 Å². The largest absolute Gasteiger partial charge is 0.341 e. The van der Waals surface area contributed by atoms with Gasteiger partial charge >= 0.3 is 0 Å². The van der Waals surface area contributed by atoms with Crippen molar-refractivity contribution in [3.63, 3.8) is 0 Å². The molecule has 36 heavy (non-hydrogen) atoms. The Balaban J connectivity index is 1.68. The Morgan fingerprint density at radius 3 is 2.44 bits per heavy atom. The molecule has 0 radical (unpaired) electrons. The first-order valence-electron chi connectivity index (χ1n) is 12.9. The van der Waals surface area contributed by atoms with Crippen LogP contribution in [0.4, 0.5) is 20.2 Å². The minimum atomic E-state index is -2.56. The number of benzene rings is 2. The van der Waals surface area contributed by atoms with Crippen LogP contribution in [0.25, 0.3) is 16.6 Å². The van der Waals surface area contributed by atoms with Crippen molar-refractivity contribution in [3.05, 3.63) is 78.1 Å². The fourth-order valence-corrected chi connectivity index (χ4v) is 4.84. The first-order valence-corrected chi connectivity index (χ1v) is 12.9. The molecule has 2 heterocycles. The third kappa shape index (κ3) is 5.98. The number of alkyl halides is 2. The molecule has 0 spiro atoms. The molecule has 2 aromatic carbocycles. The highest BCUT2D eigenvalue weighted by molar-refractivity contribution is 5.83. The average molecular weight is 491 g/mol. The van der Waals surface area contributed by atoms with Gasteiger partial charge in [0.1, 0.15) is 0 Å². The van der Waals surface area contributed by atoms with E-state index in [0.717, 1.165) is 59.5 Å². The van der Waals surface area contributed by atoms with Gasteiger partial charge < -0.3 is 4.90 Å². The number of likely N-dealkylation sites (tertiary alicyclic amines) is 1. The van der Waals surface area contributed by atoms with E-state index < -0.39 is 5.92 Å². The van der Waals surface area contributed by atoms with Crippen molar-refractivity contribution in [2.45, 2.75) is 52.4 Å². The number of fused-ring (bicyclic) bond motifs is 1. The van der Waals surface area contributed by atoms with Crippen LogP contribution in [0.3, 0.4) is 0 Å². The normalized spacial score (nSPS) is 16.0. The van der Waals surface area contributed by atoms with Crippen molar-refractivity contribution in [1.29, 1.82) is 0 Å². The Hall–Kier alpha value is -3.12. The molecule has 1 aromatic heterocycles. The zero-order valence-electron chi connectivity index (χ0n) is 21.6. The van der Waals surface area contributed by atoms with Gasteiger partial charge in [-0.05, 0) is 73.2 Å². The van der Waals surface area contributed by atoms with Crippen LogP contribution in [-0.2, 0) is 12.8 Å². The Bertz CT molecular complexity index is 1230. The second-order valence-electron chi connectivity index (χ2n) is 9.48. The van der Waals surface area contributed by atoms with Crippen LogP contribution in [0.2, 0.25) is 0 Å². The molecule has 4 nitrogen and oxygen atoms in total.